The SMILES string of the molecule is Cn1cc(Cn2ccc(N)n2)cn1. The van der Waals surface area contributed by atoms with Crippen LogP contribution in [0.2, 0.25) is 0 Å². The van der Waals surface area contributed by atoms with Crippen molar-refractivity contribution in [1.29, 1.82) is 0 Å². The molecule has 0 spiro atoms. The van der Waals surface area contributed by atoms with Crippen molar-refractivity contribution in [1.82, 2.24) is 19.6 Å². The summed E-state index contributed by atoms with van der Waals surface area (Å²) in [6, 6.07) is 1.77. The Morgan fingerprint density at radius 1 is 1.54 bits per heavy atom. The largest absolute Gasteiger partial charge is 0.382 e. The lowest BCUT2D eigenvalue weighted by molar-refractivity contribution is 0.688. The van der Waals surface area contributed by atoms with E-state index in [4.69, 9.17) is 5.73 Å². The lowest BCUT2D eigenvalue weighted by atomic mass is 10.4. The highest BCUT2D eigenvalue weighted by Crippen LogP contribution is 2.02. The Morgan fingerprint density at radius 3 is 2.92 bits per heavy atom. The monoisotopic (exact) mass is 177 g/mol. The lowest BCUT2D eigenvalue weighted by Gasteiger charge is -1.96. The molecule has 0 bridgehead atoms. The maximum atomic E-state index is 5.48. The van der Waals surface area contributed by atoms with E-state index in [1.165, 1.54) is 0 Å². The fourth-order valence-corrected chi connectivity index (χ4v) is 1.21. The zero-order valence-electron chi connectivity index (χ0n) is 7.38. The van der Waals surface area contributed by atoms with Gasteiger partial charge in [-0.3, -0.25) is 9.36 Å². The van der Waals surface area contributed by atoms with Crippen LogP contribution in [-0.2, 0) is 13.6 Å². The summed E-state index contributed by atoms with van der Waals surface area (Å²) in [7, 11) is 1.89. The summed E-state index contributed by atoms with van der Waals surface area (Å²) in [4.78, 5) is 0. The molecule has 5 nitrogen and oxygen atoms in total. The van der Waals surface area contributed by atoms with E-state index in [0.717, 1.165) is 5.56 Å². The van der Waals surface area contributed by atoms with Crippen LogP contribution in [0.1, 0.15) is 5.56 Å². The minimum absolute atomic E-state index is 0.545. The second-order valence-electron chi connectivity index (χ2n) is 2.96. The number of aryl methyl sites for hydroxylation is 1. The third-order valence-corrected chi connectivity index (χ3v) is 1.76. The van der Waals surface area contributed by atoms with Gasteiger partial charge in [-0.1, -0.05) is 0 Å². The number of nitrogens with zero attached hydrogens (tertiary/aromatic N) is 4. The van der Waals surface area contributed by atoms with Gasteiger partial charge >= 0.3 is 0 Å². The van der Waals surface area contributed by atoms with Gasteiger partial charge in [-0.15, -0.1) is 0 Å². The summed E-state index contributed by atoms with van der Waals surface area (Å²) in [6.45, 7) is 0.713. The maximum Gasteiger partial charge on any atom is 0.145 e. The Morgan fingerprint density at radius 2 is 2.38 bits per heavy atom. The minimum atomic E-state index is 0.545. The van der Waals surface area contributed by atoms with Crippen LogP contribution >= 0.6 is 0 Å². The molecular formula is C8H11N5. The summed E-state index contributed by atoms with van der Waals surface area (Å²) in [5.74, 6) is 0.545. The minimum Gasteiger partial charge on any atom is -0.382 e. The van der Waals surface area contributed by atoms with Crippen molar-refractivity contribution in [2.24, 2.45) is 7.05 Å². The van der Waals surface area contributed by atoms with Crippen LogP contribution in [0.4, 0.5) is 5.82 Å². The molecule has 0 radical (unpaired) electrons. The number of aromatic nitrogens is 4. The fraction of sp³-hybridized carbons (Fsp3) is 0.250. The molecule has 2 rings (SSSR count). The highest BCUT2D eigenvalue weighted by molar-refractivity contribution is 5.24. The van der Waals surface area contributed by atoms with E-state index in [9.17, 15) is 0 Å². The molecule has 0 unspecified atom stereocenters. The first-order chi connectivity index (χ1) is 6.24. The third kappa shape index (κ3) is 1.69. The number of hydrogen-bond acceptors (Lipinski definition) is 3. The first-order valence-corrected chi connectivity index (χ1v) is 4.00. The Hall–Kier alpha value is -1.78. The molecule has 0 aliphatic carbocycles. The van der Waals surface area contributed by atoms with Gasteiger partial charge in [0.1, 0.15) is 5.82 Å². The van der Waals surface area contributed by atoms with Crippen LogP contribution in [0.5, 0.6) is 0 Å². The second-order valence-corrected chi connectivity index (χ2v) is 2.96. The van der Waals surface area contributed by atoms with E-state index in [1.807, 2.05) is 25.6 Å². The Bertz CT molecular complexity index is 362. The van der Waals surface area contributed by atoms with Gasteiger partial charge in [0.15, 0.2) is 0 Å². The fourth-order valence-electron chi connectivity index (χ4n) is 1.21. The van der Waals surface area contributed by atoms with E-state index in [0.29, 0.717) is 12.4 Å². The molecule has 68 valence electrons. The summed E-state index contributed by atoms with van der Waals surface area (Å²) in [5.41, 5.74) is 6.60. The lowest BCUT2D eigenvalue weighted by Crippen LogP contribution is -2.00. The smallest absolute Gasteiger partial charge is 0.145 e. The van der Waals surface area contributed by atoms with E-state index in [-0.39, 0.29) is 0 Å². The van der Waals surface area contributed by atoms with Crippen LogP contribution in [0.3, 0.4) is 0 Å². The summed E-state index contributed by atoms with van der Waals surface area (Å²) >= 11 is 0. The van der Waals surface area contributed by atoms with Crippen LogP contribution in [-0.4, -0.2) is 19.6 Å². The quantitative estimate of drug-likeness (QED) is 0.715. The standard InChI is InChI=1S/C8H11N5/c1-12-5-7(4-10-12)6-13-3-2-8(9)11-13/h2-5H,6H2,1H3,(H2,9,11). The molecule has 13 heavy (non-hydrogen) atoms. The first-order valence-electron chi connectivity index (χ1n) is 4.00. The average Bonchev–Trinajstić information content (AvgIpc) is 2.62. The Balaban J connectivity index is 2.14. The maximum absolute atomic E-state index is 5.48. The predicted octanol–water partition coefficient (Wildman–Crippen LogP) is 0.247. The number of rotatable bonds is 2. The summed E-state index contributed by atoms with van der Waals surface area (Å²) in [5, 5.41) is 8.14. The van der Waals surface area contributed by atoms with Gasteiger partial charge in [-0.2, -0.15) is 10.2 Å². The molecule has 0 atom stereocenters. The molecule has 0 fully saturated rings. The Kier molecular flexibility index (Phi) is 1.77. The molecule has 0 aliphatic heterocycles. The second kappa shape index (κ2) is 2.93. The predicted molar refractivity (Wildman–Crippen MR) is 48.9 cm³/mol. The average molecular weight is 177 g/mol. The van der Waals surface area contributed by atoms with Crippen LogP contribution in [0.25, 0.3) is 0 Å². The van der Waals surface area contributed by atoms with Gasteiger partial charge in [-0.05, 0) is 6.07 Å². The van der Waals surface area contributed by atoms with Crippen molar-refractivity contribution >= 4 is 5.82 Å². The number of nitrogens with two attached hydrogens (primary N) is 1. The van der Waals surface area contributed by atoms with Gasteiger partial charge < -0.3 is 5.73 Å². The summed E-state index contributed by atoms with van der Waals surface area (Å²) < 4.78 is 3.55. The molecule has 2 heterocycles. The normalized spacial score (nSPS) is 10.5. The molecule has 0 saturated carbocycles. The number of nitrogen functional groups attached to an aromatic ring is 1. The molecule has 0 aromatic carbocycles. The summed E-state index contributed by atoms with van der Waals surface area (Å²) in [6.07, 6.45) is 5.62. The molecule has 2 aromatic rings. The molecule has 2 N–H and O–H groups in total. The van der Waals surface area contributed by atoms with Crippen molar-refractivity contribution < 1.29 is 0 Å². The van der Waals surface area contributed by atoms with Crippen LogP contribution in [0, 0.1) is 0 Å². The molecular weight excluding hydrogens is 166 g/mol. The third-order valence-electron chi connectivity index (χ3n) is 1.76. The zero-order chi connectivity index (χ0) is 9.26. The molecule has 2 aromatic heterocycles. The van der Waals surface area contributed by atoms with E-state index in [2.05, 4.69) is 10.2 Å². The van der Waals surface area contributed by atoms with Gasteiger partial charge in [-0.25, -0.2) is 0 Å². The molecule has 0 aliphatic rings. The van der Waals surface area contributed by atoms with E-state index < -0.39 is 0 Å². The highest BCUT2D eigenvalue weighted by Gasteiger charge is 1.98. The zero-order valence-corrected chi connectivity index (χ0v) is 7.38. The van der Waals surface area contributed by atoms with Gasteiger partial charge in [0.25, 0.3) is 0 Å². The van der Waals surface area contributed by atoms with Crippen molar-refractivity contribution in [3.05, 3.63) is 30.2 Å². The molecule has 5 heteroatoms. The van der Waals surface area contributed by atoms with Crippen molar-refractivity contribution in [3.63, 3.8) is 0 Å². The van der Waals surface area contributed by atoms with E-state index in [1.54, 1.807) is 15.4 Å². The van der Waals surface area contributed by atoms with Gasteiger partial charge in [0, 0.05) is 25.0 Å². The highest BCUT2D eigenvalue weighted by atomic mass is 15.3. The van der Waals surface area contributed by atoms with E-state index >= 15 is 0 Å². The number of hydrogen-bond donors (Lipinski definition) is 1. The van der Waals surface area contributed by atoms with Gasteiger partial charge in [0.2, 0.25) is 0 Å². The van der Waals surface area contributed by atoms with Gasteiger partial charge in [0.05, 0.1) is 12.7 Å². The molecule has 0 amide bonds. The topological polar surface area (TPSA) is 61.7 Å². The van der Waals surface area contributed by atoms with Crippen molar-refractivity contribution in [2.45, 2.75) is 6.54 Å². The van der Waals surface area contributed by atoms with Crippen LogP contribution < -0.4 is 5.73 Å². The van der Waals surface area contributed by atoms with Crippen molar-refractivity contribution in [2.75, 3.05) is 5.73 Å². The number of anilines is 1. The first kappa shape index (κ1) is 7.85. The molecule has 0 saturated heterocycles. The Labute approximate surface area is 75.8 Å². The van der Waals surface area contributed by atoms with Crippen LogP contribution in [0.15, 0.2) is 24.7 Å². The van der Waals surface area contributed by atoms with Crippen molar-refractivity contribution in [3.8, 4) is 0 Å².